The van der Waals surface area contributed by atoms with Gasteiger partial charge in [0.1, 0.15) is 5.75 Å². The van der Waals surface area contributed by atoms with Crippen LogP contribution < -0.4 is 0 Å². The van der Waals surface area contributed by atoms with Crippen LogP contribution in [0.2, 0.25) is 5.02 Å². The van der Waals surface area contributed by atoms with Crippen molar-refractivity contribution >= 4 is 23.5 Å². The van der Waals surface area contributed by atoms with Crippen LogP contribution in [-0.4, -0.2) is 42.1 Å². The Morgan fingerprint density at radius 3 is 2.74 bits per heavy atom. The highest BCUT2D eigenvalue weighted by atomic mass is 35.5. The second-order valence-electron chi connectivity index (χ2n) is 3.95. The fourth-order valence-corrected chi connectivity index (χ4v) is 1.67. The first-order chi connectivity index (χ1) is 8.95. The van der Waals surface area contributed by atoms with Crippen molar-refractivity contribution in [2.75, 3.05) is 20.2 Å². The molecule has 0 radical (unpaired) electrons. The second-order valence-corrected chi connectivity index (χ2v) is 4.35. The number of phenols is 1. The number of ether oxygens (including phenoxy) is 1. The van der Waals surface area contributed by atoms with E-state index < -0.39 is 0 Å². The van der Waals surface area contributed by atoms with Crippen LogP contribution in [0.5, 0.6) is 5.75 Å². The van der Waals surface area contributed by atoms with E-state index >= 15 is 0 Å². The van der Waals surface area contributed by atoms with Gasteiger partial charge in [-0.05, 0) is 25.1 Å². The predicted molar refractivity (Wildman–Crippen MR) is 71.3 cm³/mol. The van der Waals surface area contributed by atoms with Gasteiger partial charge in [0.2, 0.25) is 0 Å². The summed E-state index contributed by atoms with van der Waals surface area (Å²) in [5.74, 6) is -0.749. The molecule has 1 N–H and O–H groups in total. The highest BCUT2D eigenvalue weighted by Crippen LogP contribution is 2.22. The molecule has 0 fully saturated rings. The summed E-state index contributed by atoms with van der Waals surface area (Å²) in [6.07, 6.45) is 0.118. The Morgan fingerprint density at radius 2 is 2.11 bits per heavy atom. The van der Waals surface area contributed by atoms with Crippen molar-refractivity contribution < 1.29 is 19.4 Å². The zero-order chi connectivity index (χ0) is 14.4. The van der Waals surface area contributed by atoms with Crippen LogP contribution in [0.25, 0.3) is 0 Å². The van der Waals surface area contributed by atoms with Gasteiger partial charge in [-0.15, -0.1) is 0 Å². The second kappa shape index (κ2) is 6.99. The lowest BCUT2D eigenvalue weighted by Crippen LogP contribution is -2.29. The predicted octanol–water partition coefficient (Wildman–Crippen LogP) is 2.07. The van der Waals surface area contributed by atoms with E-state index in [0.29, 0.717) is 6.61 Å². The normalized spacial score (nSPS) is 10.1. The summed E-state index contributed by atoms with van der Waals surface area (Å²) in [7, 11) is 1.56. The highest BCUT2D eigenvalue weighted by Gasteiger charge is 2.16. The van der Waals surface area contributed by atoms with Gasteiger partial charge in [0.25, 0.3) is 5.91 Å². The van der Waals surface area contributed by atoms with Crippen molar-refractivity contribution in [2.45, 2.75) is 13.3 Å². The highest BCUT2D eigenvalue weighted by molar-refractivity contribution is 6.33. The molecule has 0 spiro atoms. The van der Waals surface area contributed by atoms with Crippen LogP contribution in [0, 0.1) is 0 Å². The molecular formula is C13H16ClNO4. The minimum Gasteiger partial charge on any atom is -0.508 e. The molecule has 1 rings (SSSR count). The van der Waals surface area contributed by atoms with E-state index in [2.05, 4.69) is 0 Å². The van der Waals surface area contributed by atoms with Crippen molar-refractivity contribution in [1.29, 1.82) is 0 Å². The summed E-state index contributed by atoms with van der Waals surface area (Å²) in [6, 6.07) is 4.15. The first kappa shape index (κ1) is 15.3. The smallest absolute Gasteiger partial charge is 0.307 e. The molecule has 0 unspecified atom stereocenters. The summed E-state index contributed by atoms with van der Waals surface area (Å²) in [4.78, 5) is 24.6. The summed E-state index contributed by atoms with van der Waals surface area (Å²) in [5, 5.41) is 9.61. The standard InChI is InChI=1S/C13H16ClNO4/c1-3-19-12(17)6-7-15(2)13(18)10-8-9(16)4-5-11(10)14/h4-5,8,16H,3,6-7H2,1-2H3. The molecule has 0 atom stereocenters. The van der Waals surface area contributed by atoms with Crippen molar-refractivity contribution in [1.82, 2.24) is 4.90 Å². The number of carbonyl (C=O) groups excluding carboxylic acids is 2. The fourth-order valence-electron chi connectivity index (χ4n) is 1.48. The molecule has 6 heteroatoms. The van der Waals surface area contributed by atoms with Crippen molar-refractivity contribution in [3.8, 4) is 5.75 Å². The van der Waals surface area contributed by atoms with E-state index in [4.69, 9.17) is 16.3 Å². The summed E-state index contributed by atoms with van der Waals surface area (Å²) >= 11 is 5.90. The van der Waals surface area contributed by atoms with Gasteiger partial charge in [0, 0.05) is 13.6 Å². The molecule has 0 aliphatic heterocycles. The molecule has 0 aromatic heterocycles. The molecule has 0 bridgehead atoms. The maximum atomic E-state index is 12.1. The van der Waals surface area contributed by atoms with Crippen molar-refractivity contribution in [3.63, 3.8) is 0 Å². The number of aromatic hydroxyl groups is 1. The van der Waals surface area contributed by atoms with E-state index in [9.17, 15) is 14.7 Å². The van der Waals surface area contributed by atoms with Crippen LogP contribution >= 0.6 is 11.6 Å². The Balaban J connectivity index is 2.66. The summed E-state index contributed by atoms with van der Waals surface area (Å²) in [6.45, 7) is 2.26. The molecule has 0 heterocycles. The van der Waals surface area contributed by atoms with Crippen LogP contribution in [0.3, 0.4) is 0 Å². The molecule has 1 aromatic carbocycles. The first-order valence-corrected chi connectivity index (χ1v) is 6.23. The minimum absolute atomic E-state index is 0.0356. The number of hydrogen-bond donors (Lipinski definition) is 1. The van der Waals surface area contributed by atoms with E-state index in [-0.39, 0.29) is 41.2 Å². The summed E-state index contributed by atoms with van der Waals surface area (Å²) < 4.78 is 4.78. The zero-order valence-corrected chi connectivity index (χ0v) is 11.6. The summed E-state index contributed by atoms with van der Waals surface area (Å²) in [5.41, 5.74) is 0.202. The van der Waals surface area contributed by atoms with Gasteiger partial charge in [0.05, 0.1) is 23.6 Å². The fraction of sp³-hybridized carbons (Fsp3) is 0.385. The molecule has 1 amide bonds. The van der Waals surface area contributed by atoms with Gasteiger partial charge in [-0.1, -0.05) is 11.6 Å². The Labute approximate surface area is 116 Å². The number of rotatable bonds is 5. The Kier molecular flexibility index (Phi) is 5.63. The van der Waals surface area contributed by atoms with Gasteiger partial charge >= 0.3 is 5.97 Å². The molecule has 1 aromatic rings. The number of phenolic OH excluding ortho intramolecular Hbond substituents is 1. The number of amides is 1. The van der Waals surface area contributed by atoms with Gasteiger partial charge in [0.15, 0.2) is 0 Å². The maximum absolute atomic E-state index is 12.1. The van der Waals surface area contributed by atoms with E-state index in [1.54, 1.807) is 14.0 Å². The SMILES string of the molecule is CCOC(=O)CCN(C)C(=O)c1cc(O)ccc1Cl. The lowest BCUT2D eigenvalue weighted by Gasteiger charge is -2.17. The van der Waals surface area contributed by atoms with Crippen molar-refractivity contribution in [3.05, 3.63) is 28.8 Å². The quantitative estimate of drug-likeness (QED) is 0.841. The topological polar surface area (TPSA) is 66.8 Å². The largest absolute Gasteiger partial charge is 0.508 e. The van der Waals surface area contributed by atoms with E-state index in [1.165, 1.54) is 23.1 Å². The van der Waals surface area contributed by atoms with Gasteiger partial charge in [-0.2, -0.15) is 0 Å². The minimum atomic E-state index is -0.357. The maximum Gasteiger partial charge on any atom is 0.307 e. The Bertz CT molecular complexity index is 476. The average molecular weight is 286 g/mol. The molecule has 0 aliphatic rings. The monoisotopic (exact) mass is 285 g/mol. The molecule has 5 nitrogen and oxygen atoms in total. The first-order valence-electron chi connectivity index (χ1n) is 5.85. The molecule has 104 valence electrons. The van der Waals surface area contributed by atoms with Crippen molar-refractivity contribution in [2.24, 2.45) is 0 Å². The third-order valence-corrected chi connectivity index (χ3v) is 2.81. The van der Waals surface area contributed by atoms with E-state index in [0.717, 1.165) is 0 Å². The molecular weight excluding hydrogens is 270 g/mol. The Hall–Kier alpha value is -1.75. The third kappa shape index (κ3) is 4.44. The lowest BCUT2D eigenvalue weighted by molar-refractivity contribution is -0.143. The molecule has 0 saturated heterocycles. The molecule has 0 saturated carbocycles. The number of carbonyl (C=O) groups is 2. The molecule has 0 aliphatic carbocycles. The number of hydrogen-bond acceptors (Lipinski definition) is 4. The van der Waals surface area contributed by atoms with Gasteiger partial charge < -0.3 is 14.7 Å². The zero-order valence-electron chi connectivity index (χ0n) is 10.9. The van der Waals surface area contributed by atoms with Crippen LogP contribution in [0.1, 0.15) is 23.7 Å². The van der Waals surface area contributed by atoms with Gasteiger partial charge in [-0.3, -0.25) is 9.59 Å². The molecule has 19 heavy (non-hydrogen) atoms. The number of benzene rings is 1. The number of nitrogens with zero attached hydrogens (tertiary/aromatic N) is 1. The third-order valence-electron chi connectivity index (χ3n) is 2.48. The van der Waals surface area contributed by atoms with Crippen LogP contribution in [-0.2, 0) is 9.53 Å². The van der Waals surface area contributed by atoms with Crippen LogP contribution in [0.15, 0.2) is 18.2 Å². The lowest BCUT2D eigenvalue weighted by atomic mass is 10.2. The Morgan fingerprint density at radius 1 is 1.42 bits per heavy atom. The van der Waals surface area contributed by atoms with Gasteiger partial charge in [-0.25, -0.2) is 0 Å². The average Bonchev–Trinajstić information content (AvgIpc) is 2.38. The van der Waals surface area contributed by atoms with Crippen LogP contribution in [0.4, 0.5) is 0 Å². The number of halogens is 1. The van der Waals surface area contributed by atoms with E-state index in [1.807, 2.05) is 0 Å². The number of esters is 1.